The van der Waals surface area contributed by atoms with Crippen LogP contribution in [-0.4, -0.2) is 97.0 Å². The summed E-state index contributed by atoms with van der Waals surface area (Å²) in [4.78, 5) is 31.0. The number of carbonyl (C=O) groups excluding carboxylic acids is 2. The lowest BCUT2D eigenvalue weighted by atomic mass is 9.83. The van der Waals surface area contributed by atoms with E-state index in [0.717, 1.165) is 13.0 Å². The summed E-state index contributed by atoms with van der Waals surface area (Å²) in [5, 5.41) is 17.3. The van der Waals surface area contributed by atoms with Crippen molar-refractivity contribution in [2.75, 3.05) is 59.7 Å². The van der Waals surface area contributed by atoms with Gasteiger partial charge in [-0.25, -0.2) is 9.18 Å². The third-order valence-corrected chi connectivity index (χ3v) is 6.95. The highest BCUT2D eigenvalue weighted by atomic mass is 19.1. The van der Waals surface area contributed by atoms with Crippen molar-refractivity contribution in [3.05, 3.63) is 41.8 Å². The number of anilines is 2. The second-order valence-electron chi connectivity index (χ2n) is 10.4. The van der Waals surface area contributed by atoms with Crippen LogP contribution < -0.4 is 11.1 Å². The first-order chi connectivity index (χ1) is 18.6. The van der Waals surface area contributed by atoms with Crippen molar-refractivity contribution in [1.29, 1.82) is 5.26 Å². The van der Waals surface area contributed by atoms with Crippen LogP contribution in [0.3, 0.4) is 0 Å². The number of rotatable bonds is 12. The number of likely N-dealkylation sites (N-methyl/N-ethyl adjacent to an activating group) is 1. The van der Waals surface area contributed by atoms with E-state index in [2.05, 4.69) is 21.4 Å². The van der Waals surface area contributed by atoms with Crippen LogP contribution >= 0.6 is 0 Å². The molecule has 2 amide bonds. The minimum atomic E-state index is -0.666. The number of primary amides is 1. The highest BCUT2D eigenvalue weighted by Crippen LogP contribution is 2.36. The largest absolute Gasteiger partial charge is 0.448 e. The molecule has 0 spiro atoms. The molecule has 0 bridgehead atoms. The van der Waals surface area contributed by atoms with Crippen LogP contribution in [0.15, 0.2) is 30.5 Å². The number of likely N-dealkylation sites (tertiary alicyclic amines) is 1. The lowest BCUT2D eigenvalue weighted by Crippen LogP contribution is -2.49. The van der Waals surface area contributed by atoms with Gasteiger partial charge in [0.1, 0.15) is 18.0 Å². The summed E-state index contributed by atoms with van der Waals surface area (Å²) in [7, 11) is 7.83. The number of nitrogens with zero attached hydrogens (tertiary/aromatic N) is 6. The molecule has 1 aliphatic rings. The first-order valence-corrected chi connectivity index (χ1v) is 13.1. The maximum absolute atomic E-state index is 13.3. The molecule has 12 heteroatoms. The predicted octanol–water partition coefficient (Wildman–Crippen LogP) is 3.05. The van der Waals surface area contributed by atoms with Gasteiger partial charge in [-0.05, 0) is 84.2 Å². The van der Waals surface area contributed by atoms with Gasteiger partial charge in [0.15, 0.2) is 5.82 Å². The summed E-state index contributed by atoms with van der Waals surface area (Å²) in [5.74, 6) is -0.780. The molecule has 1 fully saturated rings. The maximum Gasteiger partial charge on any atom is 0.410 e. The Kier molecular flexibility index (Phi) is 10.7. The van der Waals surface area contributed by atoms with E-state index in [0.29, 0.717) is 38.2 Å². The third kappa shape index (κ3) is 8.40. The van der Waals surface area contributed by atoms with Gasteiger partial charge < -0.3 is 30.5 Å². The number of carbonyl (C=O) groups is 2. The molecule has 0 radical (unpaired) electrons. The van der Waals surface area contributed by atoms with Gasteiger partial charge >= 0.3 is 6.09 Å². The van der Waals surface area contributed by atoms with Crippen LogP contribution in [0.5, 0.6) is 0 Å². The molecule has 1 aromatic heterocycles. The summed E-state index contributed by atoms with van der Waals surface area (Å²) in [6.45, 7) is 2.25. The molecule has 1 aliphatic heterocycles. The van der Waals surface area contributed by atoms with Gasteiger partial charge in [0, 0.05) is 31.0 Å². The van der Waals surface area contributed by atoms with Crippen molar-refractivity contribution in [2.45, 2.75) is 37.8 Å². The fourth-order valence-electron chi connectivity index (χ4n) is 4.83. The number of nitrogens with one attached hydrogen (secondary N) is 1. The van der Waals surface area contributed by atoms with E-state index < -0.39 is 5.91 Å². The van der Waals surface area contributed by atoms with E-state index in [4.69, 9.17) is 10.5 Å². The molecule has 3 N–H and O–H groups in total. The van der Waals surface area contributed by atoms with Gasteiger partial charge in [0.25, 0.3) is 5.91 Å². The number of hydrogen-bond donors (Lipinski definition) is 2. The molecule has 3 atom stereocenters. The first-order valence-electron chi connectivity index (χ1n) is 13.1. The Morgan fingerprint density at radius 2 is 1.92 bits per heavy atom. The minimum Gasteiger partial charge on any atom is -0.448 e. The van der Waals surface area contributed by atoms with Crippen LogP contribution in [0.2, 0.25) is 0 Å². The molecular weight excluding hydrogens is 503 g/mol. The number of nitriles is 1. The van der Waals surface area contributed by atoms with Gasteiger partial charge in [-0.1, -0.05) is 0 Å². The molecule has 212 valence electrons. The Balaban J connectivity index is 1.82. The lowest BCUT2D eigenvalue weighted by molar-refractivity contribution is 0.0445. The SMILES string of the molecule is CN(C)CCOC(=O)N1CCC(C(CC#N)n2cc(C(N)=O)c(Nc3ccc(F)cc3)n2)CC1CCN(C)C. The van der Waals surface area contributed by atoms with Crippen LogP contribution in [0.25, 0.3) is 0 Å². The lowest BCUT2D eigenvalue weighted by Gasteiger charge is -2.41. The number of hydrogen-bond acceptors (Lipinski definition) is 8. The summed E-state index contributed by atoms with van der Waals surface area (Å²) in [5.41, 5.74) is 6.36. The zero-order valence-electron chi connectivity index (χ0n) is 23.1. The van der Waals surface area contributed by atoms with Crippen LogP contribution in [0, 0.1) is 23.1 Å². The average molecular weight is 543 g/mol. The van der Waals surface area contributed by atoms with Gasteiger partial charge in [-0.3, -0.25) is 9.48 Å². The normalized spacial score (nSPS) is 18.2. The average Bonchev–Trinajstić information content (AvgIpc) is 3.30. The fourth-order valence-corrected chi connectivity index (χ4v) is 4.83. The van der Waals surface area contributed by atoms with E-state index in [-0.39, 0.29) is 47.7 Å². The predicted molar refractivity (Wildman–Crippen MR) is 146 cm³/mol. The smallest absolute Gasteiger partial charge is 0.410 e. The molecular formula is C27H39FN8O3. The van der Waals surface area contributed by atoms with Gasteiger partial charge in [-0.2, -0.15) is 10.4 Å². The van der Waals surface area contributed by atoms with E-state index >= 15 is 0 Å². The van der Waals surface area contributed by atoms with Crippen molar-refractivity contribution in [1.82, 2.24) is 24.5 Å². The summed E-state index contributed by atoms with van der Waals surface area (Å²) >= 11 is 0. The van der Waals surface area contributed by atoms with Crippen molar-refractivity contribution in [3.8, 4) is 6.07 Å². The molecule has 2 heterocycles. The Morgan fingerprint density at radius 3 is 2.54 bits per heavy atom. The molecule has 39 heavy (non-hydrogen) atoms. The Morgan fingerprint density at radius 1 is 1.23 bits per heavy atom. The van der Waals surface area contributed by atoms with Crippen molar-refractivity contribution < 1.29 is 18.7 Å². The minimum absolute atomic E-state index is 0.0296. The molecule has 11 nitrogen and oxygen atoms in total. The molecule has 0 saturated carbocycles. The number of halogens is 1. The molecule has 0 aliphatic carbocycles. The van der Waals surface area contributed by atoms with Crippen molar-refractivity contribution in [2.24, 2.45) is 11.7 Å². The second-order valence-corrected chi connectivity index (χ2v) is 10.4. The van der Waals surface area contributed by atoms with Crippen LogP contribution in [0.1, 0.15) is 42.1 Å². The number of amides is 2. The standard InChI is InChI=1S/C27H39FN8O3/c1-33(2)13-11-22-17-19(10-14-35(22)27(38)39-16-15-34(3)4)24(9-12-29)36-18-23(25(30)37)26(32-36)31-21-7-5-20(28)6-8-21/h5-8,18-19,22,24H,9-11,13-17H2,1-4H3,(H2,30,37)(H,31,32). The van der Waals surface area contributed by atoms with Gasteiger partial charge in [0.2, 0.25) is 0 Å². The van der Waals surface area contributed by atoms with Crippen molar-refractivity contribution in [3.63, 3.8) is 0 Å². The Labute approximate surface area is 229 Å². The van der Waals surface area contributed by atoms with Crippen LogP contribution in [-0.2, 0) is 4.74 Å². The molecule has 1 saturated heterocycles. The molecule has 1 aromatic carbocycles. The van der Waals surface area contributed by atoms with Gasteiger partial charge in [-0.15, -0.1) is 0 Å². The topological polar surface area (TPSA) is 133 Å². The second kappa shape index (κ2) is 13.9. The Hall–Kier alpha value is -3.69. The van der Waals surface area contributed by atoms with E-state index in [1.165, 1.54) is 24.3 Å². The van der Waals surface area contributed by atoms with E-state index in [1.807, 2.05) is 33.1 Å². The fraction of sp³-hybridized carbons (Fsp3) is 0.556. The highest BCUT2D eigenvalue weighted by molar-refractivity contribution is 5.98. The monoisotopic (exact) mass is 542 g/mol. The number of nitrogens with two attached hydrogens (primary N) is 1. The molecule has 3 rings (SSSR count). The number of aromatic nitrogens is 2. The summed E-state index contributed by atoms with van der Waals surface area (Å²) in [6.07, 6.45) is 3.49. The first kappa shape index (κ1) is 29.9. The number of piperidine rings is 1. The summed E-state index contributed by atoms with van der Waals surface area (Å²) in [6, 6.07) is 7.54. The Bertz CT molecular complexity index is 1140. The molecule has 3 unspecified atom stereocenters. The summed E-state index contributed by atoms with van der Waals surface area (Å²) < 4.78 is 20.5. The van der Waals surface area contributed by atoms with E-state index in [1.54, 1.807) is 15.8 Å². The number of ether oxygens (including phenoxy) is 1. The van der Waals surface area contributed by atoms with E-state index in [9.17, 15) is 19.2 Å². The maximum atomic E-state index is 13.3. The zero-order chi connectivity index (χ0) is 28.5. The van der Waals surface area contributed by atoms with Gasteiger partial charge in [0.05, 0.1) is 18.5 Å². The number of benzene rings is 1. The molecule has 2 aromatic rings. The third-order valence-electron chi connectivity index (χ3n) is 6.95. The van der Waals surface area contributed by atoms with Crippen LogP contribution in [0.4, 0.5) is 20.7 Å². The highest BCUT2D eigenvalue weighted by Gasteiger charge is 2.37. The zero-order valence-corrected chi connectivity index (χ0v) is 23.1. The van der Waals surface area contributed by atoms with Crippen molar-refractivity contribution >= 4 is 23.5 Å². The quantitative estimate of drug-likeness (QED) is 0.418.